The number of sulfonamides is 1. The summed E-state index contributed by atoms with van der Waals surface area (Å²) in [5.41, 5.74) is 5.07. The minimum absolute atomic E-state index is 0.232. The Bertz CT molecular complexity index is 1070. The standard InChI is InChI=1S/C21H22N2O2S2/c1-15-8-10-18(11-9-15)12-13-27(24,25)22-14-20-17(3)23-21(26-20)19-7-5-4-6-16(19)2/h4-13,22H,14H2,1-3H3/b13-12+. The zero-order valence-electron chi connectivity index (χ0n) is 15.6. The lowest BCUT2D eigenvalue weighted by Crippen LogP contribution is -2.20. The predicted octanol–water partition coefficient (Wildman–Crippen LogP) is 4.83. The van der Waals surface area contributed by atoms with Gasteiger partial charge < -0.3 is 0 Å². The normalized spacial score (nSPS) is 12.0. The van der Waals surface area contributed by atoms with Crippen LogP contribution in [0.1, 0.15) is 27.3 Å². The maximum Gasteiger partial charge on any atom is 0.234 e. The van der Waals surface area contributed by atoms with Gasteiger partial charge in [0, 0.05) is 22.4 Å². The van der Waals surface area contributed by atoms with E-state index in [4.69, 9.17) is 0 Å². The molecular formula is C21H22N2O2S2. The Morgan fingerprint density at radius 1 is 1.04 bits per heavy atom. The molecule has 140 valence electrons. The zero-order valence-corrected chi connectivity index (χ0v) is 17.2. The maximum atomic E-state index is 12.3. The van der Waals surface area contributed by atoms with E-state index in [-0.39, 0.29) is 6.54 Å². The van der Waals surface area contributed by atoms with Gasteiger partial charge in [0.2, 0.25) is 10.0 Å². The molecule has 0 spiro atoms. The van der Waals surface area contributed by atoms with Crippen molar-refractivity contribution >= 4 is 27.4 Å². The van der Waals surface area contributed by atoms with Crippen LogP contribution in [0.15, 0.2) is 53.9 Å². The lowest BCUT2D eigenvalue weighted by atomic mass is 10.1. The fourth-order valence-electron chi connectivity index (χ4n) is 2.58. The number of rotatable bonds is 6. The summed E-state index contributed by atoms with van der Waals surface area (Å²) >= 11 is 1.52. The smallest absolute Gasteiger partial charge is 0.234 e. The summed E-state index contributed by atoms with van der Waals surface area (Å²) in [5, 5.41) is 2.12. The molecule has 1 heterocycles. The first-order chi connectivity index (χ1) is 12.8. The van der Waals surface area contributed by atoms with Crippen molar-refractivity contribution in [2.45, 2.75) is 27.3 Å². The van der Waals surface area contributed by atoms with E-state index in [9.17, 15) is 8.42 Å². The summed E-state index contributed by atoms with van der Waals surface area (Å²) in [6.07, 6.45) is 1.60. The molecule has 0 aliphatic carbocycles. The summed E-state index contributed by atoms with van der Waals surface area (Å²) in [4.78, 5) is 5.53. The molecule has 0 aliphatic rings. The number of hydrogen-bond acceptors (Lipinski definition) is 4. The molecule has 0 radical (unpaired) electrons. The lowest BCUT2D eigenvalue weighted by molar-refractivity contribution is 0.591. The van der Waals surface area contributed by atoms with Crippen molar-refractivity contribution in [1.82, 2.24) is 9.71 Å². The fraction of sp³-hybridized carbons (Fsp3) is 0.190. The van der Waals surface area contributed by atoms with E-state index in [0.29, 0.717) is 0 Å². The second-order valence-corrected chi connectivity index (χ2v) is 9.16. The second kappa shape index (κ2) is 8.17. The molecule has 4 nitrogen and oxygen atoms in total. The molecule has 0 bridgehead atoms. The maximum absolute atomic E-state index is 12.3. The van der Waals surface area contributed by atoms with Crippen molar-refractivity contribution in [3.63, 3.8) is 0 Å². The van der Waals surface area contributed by atoms with Gasteiger partial charge in [-0.2, -0.15) is 0 Å². The van der Waals surface area contributed by atoms with Crippen LogP contribution in [0.3, 0.4) is 0 Å². The monoisotopic (exact) mass is 398 g/mol. The minimum atomic E-state index is -3.52. The highest BCUT2D eigenvalue weighted by Crippen LogP contribution is 2.30. The van der Waals surface area contributed by atoms with Gasteiger partial charge in [0.05, 0.1) is 5.69 Å². The Kier molecular flexibility index (Phi) is 5.89. The SMILES string of the molecule is Cc1ccc(/C=C/S(=O)(=O)NCc2sc(-c3ccccc3C)nc2C)cc1. The summed E-state index contributed by atoms with van der Waals surface area (Å²) in [6, 6.07) is 15.7. The Morgan fingerprint density at radius 2 is 1.74 bits per heavy atom. The van der Waals surface area contributed by atoms with E-state index in [1.807, 2.05) is 69.3 Å². The van der Waals surface area contributed by atoms with Crippen molar-refractivity contribution in [2.24, 2.45) is 0 Å². The van der Waals surface area contributed by atoms with E-state index >= 15 is 0 Å². The summed E-state index contributed by atoms with van der Waals surface area (Å²) in [7, 11) is -3.52. The highest BCUT2D eigenvalue weighted by molar-refractivity contribution is 7.92. The summed E-state index contributed by atoms with van der Waals surface area (Å²) in [6.45, 7) is 6.18. The number of benzene rings is 2. The fourth-order valence-corrected chi connectivity index (χ4v) is 4.54. The number of aromatic nitrogens is 1. The van der Waals surface area contributed by atoms with Gasteiger partial charge in [-0.05, 0) is 38.0 Å². The van der Waals surface area contributed by atoms with Gasteiger partial charge in [0.1, 0.15) is 5.01 Å². The summed E-state index contributed by atoms with van der Waals surface area (Å²) in [5.74, 6) is 0. The molecule has 3 aromatic rings. The molecule has 3 rings (SSSR count). The van der Waals surface area contributed by atoms with Crippen LogP contribution in [0, 0.1) is 20.8 Å². The van der Waals surface area contributed by atoms with E-state index in [0.717, 1.165) is 37.8 Å². The molecule has 0 saturated heterocycles. The van der Waals surface area contributed by atoms with Crippen molar-refractivity contribution in [1.29, 1.82) is 0 Å². The second-order valence-electron chi connectivity index (χ2n) is 6.42. The first kappa shape index (κ1) is 19.5. The molecule has 1 N–H and O–H groups in total. The van der Waals surface area contributed by atoms with Crippen molar-refractivity contribution in [3.05, 3.63) is 81.2 Å². The Balaban J connectivity index is 1.71. The largest absolute Gasteiger partial charge is 0.241 e. The van der Waals surface area contributed by atoms with Crippen LogP contribution >= 0.6 is 11.3 Å². The zero-order chi connectivity index (χ0) is 19.4. The Morgan fingerprint density at radius 3 is 2.44 bits per heavy atom. The molecule has 0 unspecified atom stereocenters. The molecule has 0 fully saturated rings. The number of hydrogen-bond donors (Lipinski definition) is 1. The molecule has 0 atom stereocenters. The quantitative estimate of drug-likeness (QED) is 0.647. The van der Waals surface area contributed by atoms with Gasteiger partial charge in [-0.3, -0.25) is 0 Å². The Hall–Kier alpha value is -2.28. The average molecular weight is 399 g/mol. The van der Waals surface area contributed by atoms with Crippen LogP contribution in [0.2, 0.25) is 0 Å². The third-order valence-electron chi connectivity index (χ3n) is 4.22. The van der Waals surface area contributed by atoms with E-state index in [1.165, 1.54) is 16.7 Å². The third kappa shape index (κ3) is 5.13. The number of thiazole rings is 1. The van der Waals surface area contributed by atoms with Crippen LogP contribution in [-0.4, -0.2) is 13.4 Å². The van der Waals surface area contributed by atoms with Crippen LogP contribution in [0.5, 0.6) is 0 Å². The molecule has 2 aromatic carbocycles. The molecule has 0 aliphatic heterocycles. The van der Waals surface area contributed by atoms with E-state index in [2.05, 4.69) is 9.71 Å². The van der Waals surface area contributed by atoms with Crippen molar-refractivity contribution in [3.8, 4) is 10.6 Å². The Labute approximate surface area is 164 Å². The molecule has 1 aromatic heterocycles. The van der Waals surface area contributed by atoms with E-state index < -0.39 is 10.0 Å². The molecule has 0 saturated carbocycles. The predicted molar refractivity (Wildman–Crippen MR) is 113 cm³/mol. The van der Waals surface area contributed by atoms with Crippen LogP contribution in [-0.2, 0) is 16.6 Å². The average Bonchev–Trinajstić information content (AvgIpc) is 3.01. The number of aryl methyl sites for hydroxylation is 3. The topological polar surface area (TPSA) is 59.1 Å². The highest BCUT2D eigenvalue weighted by Gasteiger charge is 2.13. The first-order valence-electron chi connectivity index (χ1n) is 8.61. The molecule has 0 amide bonds. The summed E-state index contributed by atoms with van der Waals surface area (Å²) < 4.78 is 27.2. The van der Waals surface area contributed by atoms with Gasteiger partial charge in [-0.15, -0.1) is 11.3 Å². The van der Waals surface area contributed by atoms with Gasteiger partial charge >= 0.3 is 0 Å². The van der Waals surface area contributed by atoms with Gasteiger partial charge in [0.15, 0.2) is 0 Å². The number of nitrogens with zero attached hydrogens (tertiary/aromatic N) is 1. The van der Waals surface area contributed by atoms with Crippen molar-refractivity contribution < 1.29 is 8.42 Å². The molecular weight excluding hydrogens is 376 g/mol. The number of nitrogens with one attached hydrogen (secondary N) is 1. The van der Waals surface area contributed by atoms with Crippen LogP contribution in [0.4, 0.5) is 0 Å². The molecule has 27 heavy (non-hydrogen) atoms. The lowest BCUT2D eigenvalue weighted by Gasteiger charge is -2.02. The molecule has 6 heteroatoms. The van der Waals surface area contributed by atoms with Gasteiger partial charge in [0.25, 0.3) is 0 Å². The van der Waals surface area contributed by atoms with Crippen molar-refractivity contribution in [2.75, 3.05) is 0 Å². The highest BCUT2D eigenvalue weighted by atomic mass is 32.2. The third-order valence-corrected chi connectivity index (χ3v) is 6.45. The van der Waals surface area contributed by atoms with Gasteiger partial charge in [-0.25, -0.2) is 18.1 Å². The van der Waals surface area contributed by atoms with Crippen LogP contribution in [0.25, 0.3) is 16.6 Å². The van der Waals surface area contributed by atoms with Crippen LogP contribution < -0.4 is 4.72 Å². The van der Waals surface area contributed by atoms with Gasteiger partial charge in [-0.1, -0.05) is 54.1 Å². The minimum Gasteiger partial charge on any atom is -0.241 e. The van der Waals surface area contributed by atoms with E-state index in [1.54, 1.807) is 6.08 Å². The first-order valence-corrected chi connectivity index (χ1v) is 11.0.